The second-order valence-electron chi connectivity index (χ2n) is 5.29. The van der Waals surface area contributed by atoms with Crippen molar-refractivity contribution in [2.24, 2.45) is 0 Å². The summed E-state index contributed by atoms with van der Waals surface area (Å²) in [5.74, 6) is -0.274. The van der Waals surface area contributed by atoms with Crippen LogP contribution >= 0.6 is 0 Å². The van der Waals surface area contributed by atoms with E-state index in [1.165, 1.54) is 0 Å². The van der Waals surface area contributed by atoms with E-state index in [-0.39, 0.29) is 12.3 Å². The number of anilines is 2. The fourth-order valence-electron chi connectivity index (χ4n) is 2.24. The lowest BCUT2D eigenvalue weighted by Gasteiger charge is -2.13. The second-order valence-corrected chi connectivity index (χ2v) is 5.29. The molecule has 0 heterocycles. The van der Waals surface area contributed by atoms with Gasteiger partial charge in [-0.1, -0.05) is 19.1 Å². The van der Waals surface area contributed by atoms with Gasteiger partial charge in [-0.05, 0) is 42.3 Å². The molecule has 120 valence electrons. The molecule has 2 N–H and O–H groups in total. The summed E-state index contributed by atoms with van der Waals surface area (Å²) in [4.78, 5) is 12.5. The number of hydrogen-bond donors (Lipinski definition) is 2. The molecule has 0 unspecified atom stereocenters. The van der Waals surface area contributed by atoms with Gasteiger partial charge in [0, 0.05) is 12.1 Å². The van der Waals surface area contributed by atoms with E-state index in [1.54, 1.807) is 36.4 Å². The minimum Gasteiger partial charge on any atom is -0.383 e. The molecule has 0 fully saturated rings. The van der Waals surface area contributed by atoms with Gasteiger partial charge in [-0.15, -0.1) is 0 Å². The average molecular weight is 318 g/mol. The molecule has 0 aromatic heterocycles. The Bertz CT molecular complexity index is 815. The maximum absolute atomic E-state index is 12.5. The van der Waals surface area contributed by atoms with Crippen molar-refractivity contribution in [1.29, 1.82) is 10.5 Å². The number of carbonyl (C=O) groups is 1. The monoisotopic (exact) mass is 318 g/mol. The zero-order valence-corrected chi connectivity index (χ0v) is 13.5. The maximum atomic E-state index is 12.5. The Morgan fingerprint density at radius 3 is 2.67 bits per heavy atom. The van der Waals surface area contributed by atoms with Crippen LogP contribution in [0.4, 0.5) is 11.4 Å². The first-order chi connectivity index (χ1) is 11.7. The summed E-state index contributed by atoms with van der Waals surface area (Å²) in [7, 11) is 0. The van der Waals surface area contributed by atoms with Crippen LogP contribution in [0.1, 0.15) is 34.8 Å². The van der Waals surface area contributed by atoms with E-state index < -0.39 is 0 Å². The molecule has 0 aliphatic carbocycles. The molecule has 2 aromatic rings. The molecule has 24 heavy (non-hydrogen) atoms. The van der Waals surface area contributed by atoms with Gasteiger partial charge in [-0.3, -0.25) is 4.79 Å². The molecular formula is C19H18N4O. The van der Waals surface area contributed by atoms with E-state index >= 15 is 0 Å². The highest BCUT2D eigenvalue weighted by Gasteiger charge is 2.11. The molecule has 1 amide bonds. The Kier molecular flexibility index (Phi) is 5.94. The van der Waals surface area contributed by atoms with E-state index in [1.807, 2.05) is 6.07 Å². The SMILES string of the molecule is CCCNc1ccc(C#N)cc1NC(=O)c1cccc(CC#N)c1. The van der Waals surface area contributed by atoms with Gasteiger partial charge in [-0.2, -0.15) is 10.5 Å². The lowest BCUT2D eigenvalue weighted by Crippen LogP contribution is -2.14. The smallest absolute Gasteiger partial charge is 0.255 e. The number of nitriles is 2. The van der Waals surface area contributed by atoms with Gasteiger partial charge in [0.15, 0.2) is 0 Å². The molecule has 0 aliphatic rings. The molecule has 2 rings (SSSR count). The summed E-state index contributed by atoms with van der Waals surface area (Å²) in [5.41, 5.74) is 3.09. The Morgan fingerprint density at radius 1 is 1.12 bits per heavy atom. The number of hydrogen-bond acceptors (Lipinski definition) is 4. The number of carbonyl (C=O) groups excluding carboxylic acids is 1. The van der Waals surface area contributed by atoms with Crippen LogP contribution in [0, 0.1) is 22.7 Å². The van der Waals surface area contributed by atoms with Gasteiger partial charge in [0.1, 0.15) is 0 Å². The third kappa shape index (κ3) is 4.34. The number of benzene rings is 2. The van der Waals surface area contributed by atoms with Gasteiger partial charge in [-0.25, -0.2) is 0 Å². The quantitative estimate of drug-likeness (QED) is 0.850. The Hall–Kier alpha value is -3.31. The van der Waals surface area contributed by atoms with Gasteiger partial charge in [0.05, 0.1) is 35.5 Å². The minimum absolute atomic E-state index is 0.258. The molecule has 0 radical (unpaired) electrons. The van der Waals surface area contributed by atoms with E-state index in [0.29, 0.717) is 16.8 Å². The van der Waals surface area contributed by atoms with Crippen molar-refractivity contribution in [1.82, 2.24) is 0 Å². The van der Waals surface area contributed by atoms with E-state index in [2.05, 4.69) is 29.7 Å². The van der Waals surface area contributed by atoms with Crippen LogP contribution in [0.15, 0.2) is 42.5 Å². The summed E-state index contributed by atoms with van der Waals surface area (Å²) < 4.78 is 0. The van der Waals surface area contributed by atoms with E-state index in [9.17, 15) is 4.79 Å². The van der Waals surface area contributed by atoms with Crippen LogP contribution in [0.2, 0.25) is 0 Å². The van der Waals surface area contributed by atoms with Crippen LogP contribution in [0.3, 0.4) is 0 Å². The van der Waals surface area contributed by atoms with Gasteiger partial charge in [0.25, 0.3) is 5.91 Å². The highest BCUT2D eigenvalue weighted by molar-refractivity contribution is 6.06. The lowest BCUT2D eigenvalue weighted by atomic mass is 10.1. The summed E-state index contributed by atoms with van der Waals surface area (Å²) in [6.07, 6.45) is 1.21. The van der Waals surface area contributed by atoms with Crippen molar-refractivity contribution in [3.8, 4) is 12.1 Å². The first kappa shape index (κ1) is 17.1. The van der Waals surface area contributed by atoms with Crippen molar-refractivity contribution in [2.45, 2.75) is 19.8 Å². The predicted octanol–water partition coefficient (Wildman–Crippen LogP) is 3.70. The molecule has 2 aromatic carbocycles. The molecular weight excluding hydrogens is 300 g/mol. The van der Waals surface area contributed by atoms with Gasteiger partial charge >= 0.3 is 0 Å². The largest absolute Gasteiger partial charge is 0.383 e. The van der Waals surface area contributed by atoms with E-state index in [4.69, 9.17) is 10.5 Å². The average Bonchev–Trinajstić information content (AvgIpc) is 2.61. The number of rotatable bonds is 6. The zero-order chi connectivity index (χ0) is 17.4. The highest BCUT2D eigenvalue weighted by Crippen LogP contribution is 2.24. The van der Waals surface area contributed by atoms with Crippen LogP contribution in [-0.4, -0.2) is 12.5 Å². The van der Waals surface area contributed by atoms with Crippen LogP contribution < -0.4 is 10.6 Å². The number of amides is 1. The third-order valence-corrected chi connectivity index (χ3v) is 3.43. The number of nitrogens with zero attached hydrogens (tertiary/aromatic N) is 2. The summed E-state index contributed by atoms with van der Waals surface area (Å²) >= 11 is 0. The standard InChI is InChI=1S/C19H18N4O/c1-2-10-22-17-7-6-15(13-21)12-18(17)23-19(24)16-5-3-4-14(11-16)8-9-20/h3-7,11-12,22H,2,8,10H2,1H3,(H,23,24). The van der Waals surface area contributed by atoms with Crippen molar-refractivity contribution in [3.63, 3.8) is 0 Å². The highest BCUT2D eigenvalue weighted by atomic mass is 16.1. The normalized spacial score (nSPS) is 9.62. The third-order valence-electron chi connectivity index (χ3n) is 3.43. The van der Waals surface area contributed by atoms with Gasteiger partial charge in [0.2, 0.25) is 0 Å². The molecule has 5 nitrogen and oxygen atoms in total. The molecule has 0 bridgehead atoms. The van der Waals surface area contributed by atoms with Crippen molar-refractivity contribution >= 4 is 17.3 Å². The summed E-state index contributed by atoms with van der Waals surface area (Å²) in [5, 5.41) is 23.9. The molecule has 5 heteroatoms. The fraction of sp³-hybridized carbons (Fsp3) is 0.211. The van der Waals surface area contributed by atoms with Crippen LogP contribution in [0.5, 0.6) is 0 Å². The van der Waals surface area contributed by atoms with Crippen LogP contribution in [-0.2, 0) is 6.42 Å². The zero-order valence-electron chi connectivity index (χ0n) is 13.5. The topological polar surface area (TPSA) is 88.7 Å². The summed E-state index contributed by atoms with van der Waals surface area (Å²) in [6, 6.07) is 16.3. The molecule has 0 aliphatic heterocycles. The minimum atomic E-state index is -0.274. The van der Waals surface area contributed by atoms with E-state index in [0.717, 1.165) is 24.2 Å². The Balaban J connectivity index is 2.25. The lowest BCUT2D eigenvalue weighted by molar-refractivity contribution is 0.102. The van der Waals surface area contributed by atoms with Crippen LogP contribution in [0.25, 0.3) is 0 Å². The molecule has 0 atom stereocenters. The maximum Gasteiger partial charge on any atom is 0.255 e. The van der Waals surface area contributed by atoms with Crippen molar-refractivity contribution < 1.29 is 4.79 Å². The predicted molar refractivity (Wildman–Crippen MR) is 93.6 cm³/mol. The Labute approximate surface area is 141 Å². The van der Waals surface area contributed by atoms with Crippen molar-refractivity contribution in [3.05, 3.63) is 59.2 Å². The first-order valence-electron chi connectivity index (χ1n) is 7.73. The summed E-state index contributed by atoms with van der Waals surface area (Å²) in [6.45, 7) is 2.82. The molecule has 0 spiro atoms. The second kappa shape index (κ2) is 8.36. The molecule has 0 saturated carbocycles. The molecule has 0 saturated heterocycles. The fourth-order valence-corrected chi connectivity index (χ4v) is 2.24. The first-order valence-corrected chi connectivity index (χ1v) is 7.73. The van der Waals surface area contributed by atoms with Gasteiger partial charge < -0.3 is 10.6 Å². The van der Waals surface area contributed by atoms with Crippen molar-refractivity contribution in [2.75, 3.05) is 17.2 Å². The number of nitrogens with one attached hydrogen (secondary N) is 2. The Morgan fingerprint density at radius 2 is 1.96 bits per heavy atom.